The van der Waals surface area contributed by atoms with Crippen molar-refractivity contribution in [3.05, 3.63) is 48.3 Å². The zero-order valence-corrected chi connectivity index (χ0v) is 12.0. The largest absolute Gasteiger partial charge is 0.349 e. The number of hydrogen-bond donors (Lipinski definition) is 1. The van der Waals surface area contributed by atoms with Crippen molar-refractivity contribution >= 4 is 5.95 Å². The average Bonchev–Trinajstić information content (AvgIpc) is 2.83. The van der Waals surface area contributed by atoms with Gasteiger partial charge in [0.15, 0.2) is 0 Å². The Morgan fingerprint density at radius 1 is 1.21 bits per heavy atom. The summed E-state index contributed by atoms with van der Waals surface area (Å²) < 4.78 is 2.19. The number of benzene rings is 1. The Hall–Kier alpha value is -1.77. The molecule has 3 heteroatoms. The van der Waals surface area contributed by atoms with E-state index >= 15 is 0 Å². The highest BCUT2D eigenvalue weighted by atomic mass is 15.2. The molecule has 19 heavy (non-hydrogen) atoms. The van der Waals surface area contributed by atoms with Gasteiger partial charge >= 0.3 is 0 Å². The first-order valence-corrected chi connectivity index (χ1v) is 7.03. The smallest absolute Gasteiger partial charge is 0.203 e. The second-order valence-electron chi connectivity index (χ2n) is 5.31. The van der Waals surface area contributed by atoms with Crippen LogP contribution in [0, 0.1) is 5.92 Å². The molecule has 0 amide bonds. The number of imidazole rings is 1. The standard InChI is InChI=1S/C16H23N3/c1-4-15(14-8-6-5-7-9-14)18-16-17-10-11-19(16)12-13(2)3/h5-11,13,15H,4,12H2,1-3H3,(H,17,18). The molecule has 0 bridgehead atoms. The van der Waals surface area contributed by atoms with Gasteiger partial charge in [-0.2, -0.15) is 0 Å². The topological polar surface area (TPSA) is 29.9 Å². The van der Waals surface area contributed by atoms with E-state index in [1.807, 2.05) is 12.4 Å². The minimum atomic E-state index is 0.314. The fraction of sp³-hybridized carbons (Fsp3) is 0.438. The molecule has 0 aliphatic heterocycles. The van der Waals surface area contributed by atoms with E-state index in [0.717, 1.165) is 18.9 Å². The molecular formula is C16H23N3. The first-order chi connectivity index (χ1) is 9.20. The van der Waals surface area contributed by atoms with Gasteiger partial charge in [-0.1, -0.05) is 51.1 Å². The van der Waals surface area contributed by atoms with Crippen LogP contribution in [0.25, 0.3) is 0 Å². The van der Waals surface area contributed by atoms with E-state index in [0.29, 0.717) is 12.0 Å². The summed E-state index contributed by atoms with van der Waals surface area (Å²) in [5.41, 5.74) is 1.31. The first kappa shape index (κ1) is 13.7. The Labute approximate surface area is 115 Å². The quantitative estimate of drug-likeness (QED) is 0.844. The molecule has 3 nitrogen and oxygen atoms in total. The van der Waals surface area contributed by atoms with Gasteiger partial charge in [-0.15, -0.1) is 0 Å². The van der Waals surface area contributed by atoms with Crippen molar-refractivity contribution in [1.82, 2.24) is 9.55 Å². The van der Waals surface area contributed by atoms with Crippen molar-refractivity contribution in [1.29, 1.82) is 0 Å². The summed E-state index contributed by atoms with van der Waals surface area (Å²) in [6.07, 6.45) is 4.95. The number of rotatable bonds is 6. The number of hydrogen-bond acceptors (Lipinski definition) is 2. The second kappa shape index (κ2) is 6.41. The van der Waals surface area contributed by atoms with Crippen molar-refractivity contribution in [2.24, 2.45) is 5.92 Å². The predicted molar refractivity (Wildman–Crippen MR) is 80.2 cm³/mol. The van der Waals surface area contributed by atoms with Crippen molar-refractivity contribution in [2.45, 2.75) is 39.8 Å². The third-order valence-corrected chi connectivity index (χ3v) is 3.19. The second-order valence-corrected chi connectivity index (χ2v) is 5.31. The van der Waals surface area contributed by atoms with Gasteiger partial charge < -0.3 is 9.88 Å². The van der Waals surface area contributed by atoms with Gasteiger partial charge in [0, 0.05) is 18.9 Å². The van der Waals surface area contributed by atoms with Crippen LogP contribution in [0.15, 0.2) is 42.7 Å². The summed E-state index contributed by atoms with van der Waals surface area (Å²) in [7, 11) is 0. The predicted octanol–water partition coefficient (Wildman–Crippen LogP) is 4.10. The van der Waals surface area contributed by atoms with Crippen LogP contribution in [-0.4, -0.2) is 9.55 Å². The number of nitrogens with zero attached hydrogens (tertiary/aromatic N) is 2. The van der Waals surface area contributed by atoms with Gasteiger partial charge in [0.05, 0.1) is 6.04 Å². The zero-order valence-electron chi connectivity index (χ0n) is 12.0. The van der Waals surface area contributed by atoms with Gasteiger partial charge in [0.25, 0.3) is 0 Å². The maximum absolute atomic E-state index is 4.43. The van der Waals surface area contributed by atoms with Crippen LogP contribution < -0.4 is 5.32 Å². The lowest BCUT2D eigenvalue weighted by Gasteiger charge is -2.19. The van der Waals surface area contributed by atoms with Gasteiger partial charge in [-0.05, 0) is 17.9 Å². The molecule has 1 unspecified atom stereocenters. The lowest BCUT2D eigenvalue weighted by atomic mass is 10.1. The number of nitrogens with one attached hydrogen (secondary N) is 1. The molecule has 102 valence electrons. The average molecular weight is 257 g/mol. The van der Waals surface area contributed by atoms with E-state index in [9.17, 15) is 0 Å². The Kier molecular flexibility index (Phi) is 4.61. The Morgan fingerprint density at radius 3 is 2.58 bits per heavy atom. The number of anilines is 1. The van der Waals surface area contributed by atoms with Crippen molar-refractivity contribution in [2.75, 3.05) is 5.32 Å². The lowest BCUT2D eigenvalue weighted by molar-refractivity contribution is 0.523. The van der Waals surface area contributed by atoms with E-state index in [1.165, 1.54) is 5.56 Å². The third-order valence-electron chi connectivity index (χ3n) is 3.19. The summed E-state index contributed by atoms with van der Waals surface area (Å²) in [6, 6.07) is 10.9. The minimum Gasteiger partial charge on any atom is -0.349 e. The maximum atomic E-state index is 4.43. The fourth-order valence-corrected chi connectivity index (χ4v) is 2.25. The summed E-state index contributed by atoms with van der Waals surface area (Å²) in [5.74, 6) is 1.58. The normalized spacial score (nSPS) is 12.6. The third kappa shape index (κ3) is 3.60. The zero-order chi connectivity index (χ0) is 13.7. The van der Waals surface area contributed by atoms with Crippen molar-refractivity contribution in [3.63, 3.8) is 0 Å². The van der Waals surface area contributed by atoms with Crippen LogP contribution in [0.5, 0.6) is 0 Å². The molecule has 0 aliphatic rings. The molecule has 2 aromatic rings. The first-order valence-electron chi connectivity index (χ1n) is 7.03. The molecule has 0 saturated heterocycles. The van der Waals surface area contributed by atoms with E-state index in [1.54, 1.807) is 0 Å². The van der Waals surface area contributed by atoms with Crippen LogP contribution in [0.2, 0.25) is 0 Å². The van der Waals surface area contributed by atoms with Crippen LogP contribution in [-0.2, 0) is 6.54 Å². The van der Waals surface area contributed by atoms with Crippen LogP contribution in [0.4, 0.5) is 5.95 Å². The summed E-state index contributed by atoms with van der Waals surface area (Å²) >= 11 is 0. The molecule has 0 radical (unpaired) electrons. The maximum Gasteiger partial charge on any atom is 0.203 e. The van der Waals surface area contributed by atoms with Crippen molar-refractivity contribution in [3.8, 4) is 0 Å². The van der Waals surface area contributed by atoms with Gasteiger partial charge in [-0.3, -0.25) is 0 Å². The van der Waals surface area contributed by atoms with Gasteiger partial charge in [0.2, 0.25) is 5.95 Å². The molecule has 0 saturated carbocycles. The van der Waals surface area contributed by atoms with Crippen molar-refractivity contribution < 1.29 is 0 Å². The molecular weight excluding hydrogens is 234 g/mol. The highest BCUT2D eigenvalue weighted by Gasteiger charge is 2.12. The fourth-order valence-electron chi connectivity index (χ4n) is 2.25. The SMILES string of the molecule is CCC(Nc1nccn1CC(C)C)c1ccccc1. The van der Waals surface area contributed by atoms with Gasteiger partial charge in [0.1, 0.15) is 0 Å². The highest BCUT2D eigenvalue weighted by Crippen LogP contribution is 2.21. The summed E-state index contributed by atoms with van der Waals surface area (Å²) in [4.78, 5) is 4.43. The Balaban J connectivity index is 2.13. The summed E-state index contributed by atoms with van der Waals surface area (Å²) in [6.45, 7) is 7.63. The molecule has 1 N–H and O–H groups in total. The number of aromatic nitrogens is 2. The molecule has 1 aromatic carbocycles. The van der Waals surface area contributed by atoms with Crippen LogP contribution in [0.3, 0.4) is 0 Å². The molecule has 0 spiro atoms. The molecule has 1 atom stereocenters. The Morgan fingerprint density at radius 2 is 1.95 bits per heavy atom. The Bertz CT molecular complexity index is 488. The van der Waals surface area contributed by atoms with Crippen LogP contribution in [0.1, 0.15) is 38.8 Å². The molecule has 1 heterocycles. The minimum absolute atomic E-state index is 0.314. The van der Waals surface area contributed by atoms with E-state index in [2.05, 4.69) is 66.0 Å². The lowest BCUT2D eigenvalue weighted by Crippen LogP contribution is -2.15. The van der Waals surface area contributed by atoms with E-state index < -0.39 is 0 Å². The van der Waals surface area contributed by atoms with E-state index in [4.69, 9.17) is 0 Å². The monoisotopic (exact) mass is 257 g/mol. The van der Waals surface area contributed by atoms with Gasteiger partial charge in [-0.25, -0.2) is 4.98 Å². The highest BCUT2D eigenvalue weighted by molar-refractivity contribution is 5.33. The molecule has 1 aromatic heterocycles. The molecule has 0 aliphatic carbocycles. The molecule has 2 rings (SSSR count). The summed E-state index contributed by atoms with van der Waals surface area (Å²) in [5, 5.41) is 3.55. The van der Waals surface area contributed by atoms with E-state index in [-0.39, 0.29) is 0 Å². The molecule has 0 fully saturated rings. The van der Waals surface area contributed by atoms with Crippen LogP contribution >= 0.6 is 0 Å².